The number of carbonyl (C=O) groups excluding carboxylic acids is 4. The van der Waals surface area contributed by atoms with E-state index in [-0.39, 0.29) is 43.3 Å². The second-order valence-corrected chi connectivity index (χ2v) is 19.4. The highest BCUT2D eigenvalue weighted by atomic mass is 35.5. The first kappa shape index (κ1) is 52.7. The average Bonchev–Trinajstić information content (AvgIpc) is 3.73. The maximum atomic E-state index is 13.3. The van der Waals surface area contributed by atoms with Gasteiger partial charge in [-0.1, -0.05) is 67.4 Å². The van der Waals surface area contributed by atoms with Crippen molar-refractivity contribution in [3.05, 3.63) is 81.6 Å². The van der Waals surface area contributed by atoms with E-state index in [4.69, 9.17) is 47.1 Å². The molecule has 0 radical (unpaired) electrons. The molecule has 0 saturated heterocycles. The van der Waals surface area contributed by atoms with Crippen LogP contribution in [0.3, 0.4) is 0 Å². The number of halogens is 1. The molecule has 4 rings (SSSR count). The van der Waals surface area contributed by atoms with Gasteiger partial charge < -0.3 is 34.9 Å². The van der Waals surface area contributed by atoms with Crippen LogP contribution in [0.25, 0.3) is 26.5 Å². The van der Waals surface area contributed by atoms with Crippen LogP contribution in [0.1, 0.15) is 105 Å². The fourth-order valence-electron chi connectivity index (χ4n) is 6.18. The standard InChI is InChI=1S/C48H58ClN7O8S2/c1-10-24-52-41-40(51-9)39(36(27-50)44(56-41)66-29-34-28-65-43(54-34)32-16-20-33(49)21-17-32)31-18-22-35(23-19-31)61-25-26-62-45(59)30(2)53-42(58)37(55-46(60)64-48(6,7)8)14-12-11-13-15-38(57)63-47(3,4)5/h16-23,28,30,37H,10-15,24-26,29H2,1-8H3,(H,52,56)(H,53,58)(H,55,60)/t30-,37-/m0/s1. The molecular formula is C48H58ClN7O8S2. The Balaban J connectivity index is 1.36. The lowest BCUT2D eigenvalue weighted by Gasteiger charge is -2.24. The molecule has 2 heterocycles. The molecule has 0 spiro atoms. The van der Waals surface area contributed by atoms with E-state index in [9.17, 15) is 24.4 Å². The SMILES string of the molecule is [C-]#[N+]c1c(NCCC)nc(SCc2csc(-c3ccc(Cl)cc3)n2)c(C#N)c1-c1ccc(OCCOC(=O)[C@H](C)NC(=O)[C@H](CCCCCC(=O)OC(C)(C)C)NC(=O)OC(C)(C)C)cc1. The maximum Gasteiger partial charge on any atom is 0.408 e. The molecule has 0 unspecified atom stereocenters. The van der Waals surface area contributed by atoms with Gasteiger partial charge in [0.05, 0.1) is 17.8 Å². The van der Waals surface area contributed by atoms with Crippen LogP contribution in [0.4, 0.5) is 16.3 Å². The number of alkyl carbamates (subject to hydrolysis) is 1. The van der Waals surface area contributed by atoms with Gasteiger partial charge in [-0.3, -0.25) is 9.59 Å². The molecule has 0 saturated carbocycles. The van der Waals surface area contributed by atoms with Crippen LogP contribution in [-0.2, 0) is 34.3 Å². The molecule has 66 heavy (non-hydrogen) atoms. The van der Waals surface area contributed by atoms with E-state index < -0.39 is 41.3 Å². The fourth-order valence-corrected chi connectivity index (χ4v) is 8.12. The number of esters is 2. The molecule has 2 aromatic heterocycles. The lowest BCUT2D eigenvalue weighted by atomic mass is 9.99. The van der Waals surface area contributed by atoms with Gasteiger partial charge in [-0.25, -0.2) is 24.4 Å². The van der Waals surface area contributed by atoms with E-state index in [1.54, 1.807) is 65.8 Å². The molecule has 2 amide bonds. The van der Waals surface area contributed by atoms with E-state index in [1.165, 1.54) is 30.0 Å². The third-order valence-electron chi connectivity index (χ3n) is 9.16. The number of thiazole rings is 1. The van der Waals surface area contributed by atoms with E-state index in [2.05, 4.69) is 26.9 Å². The molecule has 0 fully saturated rings. The lowest BCUT2D eigenvalue weighted by Crippen LogP contribution is -2.51. The van der Waals surface area contributed by atoms with E-state index >= 15 is 0 Å². The highest BCUT2D eigenvalue weighted by Gasteiger charge is 2.28. The van der Waals surface area contributed by atoms with Gasteiger partial charge in [0.15, 0.2) is 0 Å². The van der Waals surface area contributed by atoms with Gasteiger partial charge in [-0.05, 0) is 97.6 Å². The number of rotatable bonds is 22. The largest absolute Gasteiger partial charge is 0.490 e. The molecule has 0 aliphatic heterocycles. The molecule has 3 N–H and O–H groups in total. The van der Waals surface area contributed by atoms with Crippen LogP contribution in [0, 0.1) is 17.9 Å². The third-order valence-corrected chi connectivity index (χ3v) is 11.4. The molecule has 0 aliphatic rings. The van der Waals surface area contributed by atoms with Crippen LogP contribution < -0.4 is 20.7 Å². The van der Waals surface area contributed by atoms with Crippen LogP contribution in [0.2, 0.25) is 5.02 Å². The van der Waals surface area contributed by atoms with Crippen molar-refractivity contribution in [3.8, 4) is 33.5 Å². The number of hydrogen-bond acceptors (Lipinski definition) is 14. The van der Waals surface area contributed by atoms with Crippen LogP contribution >= 0.6 is 34.7 Å². The molecule has 4 aromatic rings. The minimum Gasteiger partial charge on any atom is -0.490 e. The van der Waals surface area contributed by atoms with Gasteiger partial charge in [0, 0.05) is 40.2 Å². The van der Waals surface area contributed by atoms with Gasteiger partial charge in [0.2, 0.25) is 11.6 Å². The summed E-state index contributed by atoms with van der Waals surface area (Å²) in [6, 6.07) is 14.6. The number of anilines is 1. The summed E-state index contributed by atoms with van der Waals surface area (Å²) in [5, 5.41) is 22.9. The summed E-state index contributed by atoms with van der Waals surface area (Å²) < 4.78 is 21.9. The van der Waals surface area contributed by atoms with Crippen molar-refractivity contribution >= 4 is 70.1 Å². The molecule has 2 aromatic carbocycles. The summed E-state index contributed by atoms with van der Waals surface area (Å²) in [7, 11) is 0. The number of amides is 2. The Labute approximate surface area is 400 Å². The Morgan fingerprint density at radius 2 is 1.61 bits per heavy atom. The van der Waals surface area contributed by atoms with Gasteiger partial charge in [-0.2, -0.15) is 5.26 Å². The Morgan fingerprint density at radius 1 is 0.924 bits per heavy atom. The van der Waals surface area contributed by atoms with Gasteiger partial charge in [0.1, 0.15) is 64.2 Å². The number of carbonyl (C=O) groups is 4. The lowest BCUT2D eigenvalue weighted by molar-refractivity contribution is -0.155. The molecule has 0 aliphatic carbocycles. The predicted molar refractivity (Wildman–Crippen MR) is 258 cm³/mol. The number of ether oxygens (including phenoxy) is 4. The first-order valence-electron chi connectivity index (χ1n) is 21.6. The summed E-state index contributed by atoms with van der Waals surface area (Å²) in [5.41, 5.74) is 1.96. The summed E-state index contributed by atoms with van der Waals surface area (Å²) >= 11 is 8.95. The summed E-state index contributed by atoms with van der Waals surface area (Å²) in [4.78, 5) is 64.2. The number of hydrogen-bond donors (Lipinski definition) is 3. The number of nitrogens with zero attached hydrogens (tertiary/aromatic N) is 4. The topological polar surface area (TPSA) is 195 Å². The second kappa shape index (κ2) is 25.1. The molecule has 18 heteroatoms. The Hall–Kier alpha value is -5.88. The van der Waals surface area contributed by atoms with Crippen molar-refractivity contribution < 1.29 is 38.1 Å². The molecule has 0 bridgehead atoms. The third kappa shape index (κ3) is 17.2. The van der Waals surface area contributed by atoms with Gasteiger partial charge in [-0.15, -0.1) is 11.3 Å². The number of nitriles is 1. The van der Waals surface area contributed by atoms with Crippen molar-refractivity contribution in [3.63, 3.8) is 0 Å². The Bertz CT molecular complexity index is 2370. The first-order valence-corrected chi connectivity index (χ1v) is 23.9. The number of pyridine rings is 1. The van der Waals surface area contributed by atoms with Gasteiger partial charge in [0.25, 0.3) is 0 Å². The maximum absolute atomic E-state index is 13.3. The fraction of sp³-hybridized carbons (Fsp3) is 0.458. The van der Waals surface area contributed by atoms with Crippen LogP contribution in [-0.4, -0.2) is 77.0 Å². The molecule has 352 valence electrons. The van der Waals surface area contributed by atoms with E-state index in [0.717, 1.165) is 22.7 Å². The number of unbranched alkanes of at least 4 members (excludes halogenated alkanes) is 2. The van der Waals surface area contributed by atoms with Crippen molar-refractivity contribution in [2.75, 3.05) is 25.1 Å². The molecular weight excluding hydrogens is 902 g/mol. The zero-order valence-electron chi connectivity index (χ0n) is 38.7. The second-order valence-electron chi connectivity index (χ2n) is 17.1. The number of aromatic nitrogens is 2. The number of nitrogens with one attached hydrogen (secondary N) is 3. The van der Waals surface area contributed by atoms with Crippen LogP contribution in [0.5, 0.6) is 5.75 Å². The molecule has 15 nitrogen and oxygen atoms in total. The summed E-state index contributed by atoms with van der Waals surface area (Å²) in [5.74, 6) is -0.316. The van der Waals surface area contributed by atoms with Crippen molar-refractivity contribution in [1.82, 2.24) is 20.6 Å². The summed E-state index contributed by atoms with van der Waals surface area (Å²) in [6.45, 7) is 22.5. The monoisotopic (exact) mass is 959 g/mol. The Morgan fingerprint density at radius 3 is 2.24 bits per heavy atom. The number of benzene rings is 2. The molecule has 2 atom stereocenters. The van der Waals surface area contributed by atoms with Crippen LogP contribution in [0.15, 0.2) is 58.9 Å². The Kier molecular flexibility index (Phi) is 20.1. The predicted octanol–water partition coefficient (Wildman–Crippen LogP) is 10.7. The van der Waals surface area contributed by atoms with Crippen molar-refractivity contribution in [2.45, 2.75) is 128 Å². The van der Waals surface area contributed by atoms with E-state index in [0.29, 0.717) is 64.3 Å². The quantitative estimate of drug-likeness (QED) is 0.0222. The first-order chi connectivity index (χ1) is 31.3. The summed E-state index contributed by atoms with van der Waals surface area (Å²) in [6.07, 6.45) is 2.14. The highest BCUT2D eigenvalue weighted by Crippen LogP contribution is 2.43. The van der Waals surface area contributed by atoms with Gasteiger partial charge >= 0.3 is 18.0 Å². The zero-order chi connectivity index (χ0) is 48.4. The normalized spacial score (nSPS) is 12.2. The van der Waals surface area contributed by atoms with E-state index in [1.807, 2.05) is 36.6 Å². The smallest absolute Gasteiger partial charge is 0.408 e. The minimum absolute atomic E-state index is 0.00783. The average molecular weight is 961 g/mol. The van der Waals surface area contributed by atoms with Crippen molar-refractivity contribution in [1.29, 1.82) is 5.26 Å². The minimum atomic E-state index is -1.05. The number of thioether (sulfide) groups is 1. The zero-order valence-corrected chi connectivity index (χ0v) is 41.1. The highest BCUT2D eigenvalue weighted by molar-refractivity contribution is 7.98. The van der Waals surface area contributed by atoms with Crippen molar-refractivity contribution in [2.24, 2.45) is 0 Å².